The number of hydrogen-bond acceptors (Lipinski definition) is 3. The van der Waals surface area contributed by atoms with E-state index in [4.69, 9.17) is 4.74 Å². The monoisotopic (exact) mass is 633 g/mol. The zero-order valence-corrected chi connectivity index (χ0v) is 25.1. The van der Waals surface area contributed by atoms with Gasteiger partial charge in [-0.15, -0.1) is 0 Å². The van der Waals surface area contributed by atoms with Crippen LogP contribution in [0, 0.1) is 0 Å². The normalized spacial score (nSPS) is 13.0. The number of ether oxygens (including phenoxy) is 1. The third-order valence-electron chi connectivity index (χ3n) is 7.94. The number of carbonyl (C=O) groups is 2. The molecule has 0 unspecified atom stereocenters. The van der Waals surface area contributed by atoms with E-state index in [0.29, 0.717) is 0 Å². The standard InChI is InChI=1S/C37H31NO4Se/c39-35(40)34(38-36(41)42-24-33-31-22-12-10-20-29(31)30-21-11-13-23-32(30)33)25-43-37(26-14-4-1-5-15-26,27-16-6-2-7-17-27)28-18-8-3-9-19-28/h1-23,33-34H,24-25H2,(H,38,41)(H,39,40)/t34-/m0/s1. The van der Waals surface area contributed by atoms with Gasteiger partial charge < -0.3 is 0 Å². The van der Waals surface area contributed by atoms with Crippen LogP contribution in [0.4, 0.5) is 4.79 Å². The van der Waals surface area contributed by atoms with Crippen LogP contribution in [0.5, 0.6) is 0 Å². The first-order valence-corrected chi connectivity index (χ1v) is 16.3. The fraction of sp³-hybridized carbons (Fsp3) is 0.135. The first kappa shape index (κ1) is 28.5. The van der Waals surface area contributed by atoms with Crippen LogP contribution in [0.2, 0.25) is 5.32 Å². The van der Waals surface area contributed by atoms with Crippen molar-refractivity contribution in [3.05, 3.63) is 167 Å². The van der Waals surface area contributed by atoms with Crippen molar-refractivity contribution in [1.82, 2.24) is 5.32 Å². The van der Waals surface area contributed by atoms with Gasteiger partial charge in [0.15, 0.2) is 0 Å². The Hall–Kier alpha value is -4.64. The van der Waals surface area contributed by atoms with E-state index in [-0.39, 0.29) is 32.8 Å². The molecule has 0 heterocycles. The van der Waals surface area contributed by atoms with E-state index in [9.17, 15) is 14.7 Å². The minimum atomic E-state index is -1.11. The Morgan fingerprint density at radius 1 is 0.674 bits per heavy atom. The molecule has 1 amide bonds. The van der Waals surface area contributed by atoms with E-state index in [2.05, 4.69) is 66.0 Å². The van der Waals surface area contributed by atoms with Crippen LogP contribution >= 0.6 is 0 Å². The number of carbonyl (C=O) groups excluding carboxylic acids is 1. The summed E-state index contributed by atoms with van der Waals surface area (Å²) in [5.41, 5.74) is 7.73. The van der Waals surface area contributed by atoms with Gasteiger partial charge in [-0.05, 0) is 0 Å². The number of alkyl carbamates (subject to hydrolysis) is 1. The molecule has 6 rings (SSSR count). The quantitative estimate of drug-likeness (QED) is 0.127. The van der Waals surface area contributed by atoms with Gasteiger partial charge >= 0.3 is 258 Å². The van der Waals surface area contributed by atoms with Gasteiger partial charge in [0.05, 0.1) is 0 Å². The van der Waals surface area contributed by atoms with E-state index >= 15 is 0 Å². The summed E-state index contributed by atoms with van der Waals surface area (Å²) in [4.78, 5) is 25.6. The third-order valence-corrected chi connectivity index (χ3v) is 11.4. The topological polar surface area (TPSA) is 75.6 Å². The molecule has 0 spiro atoms. The van der Waals surface area contributed by atoms with Crippen LogP contribution in [0.25, 0.3) is 11.1 Å². The molecule has 6 heteroatoms. The number of carboxylic acids is 1. The number of amides is 1. The van der Waals surface area contributed by atoms with Crippen molar-refractivity contribution in [2.45, 2.75) is 21.6 Å². The average Bonchev–Trinajstić information content (AvgIpc) is 3.38. The average molecular weight is 633 g/mol. The molecule has 214 valence electrons. The number of fused-ring (bicyclic) bond motifs is 3. The molecule has 0 bridgehead atoms. The van der Waals surface area contributed by atoms with E-state index in [0.717, 1.165) is 38.9 Å². The number of benzene rings is 5. The molecule has 0 fully saturated rings. The van der Waals surface area contributed by atoms with Crippen molar-refractivity contribution in [2.24, 2.45) is 0 Å². The van der Waals surface area contributed by atoms with Gasteiger partial charge in [0, 0.05) is 0 Å². The van der Waals surface area contributed by atoms with Gasteiger partial charge in [-0.2, -0.15) is 0 Å². The molecule has 0 saturated heterocycles. The maximum atomic E-state index is 13.1. The molecule has 5 aromatic rings. The van der Waals surface area contributed by atoms with Crippen molar-refractivity contribution in [3.63, 3.8) is 0 Å². The SMILES string of the molecule is O=C(N[C@@H](C[Se]C(c1ccccc1)(c1ccccc1)c1ccccc1)C(=O)O)OCC1c2ccccc2-c2ccccc21. The molecular formula is C37H31NO4Se. The Labute approximate surface area is 257 Å². The first-order valence-electron chi connectivity index (χ1n) is 14.2. The second-order valence-corrected chi connectivity index (χ2v) is 13.0. The predicted molar refractivity (Wildman–Crippen MR) is 169 cm³/mol. The van der Waals surface area contributed by atoms with E-state index in [1.807, 2.05) is 78.9 Å². The molecule has 1 aliphatic carbocycles. The van der Waals surface area contributed by atoms with Gasteiger partial charge in [-0.25, -0.2) is 0 Å². The Morgan fingerprint density at radius 3 is 1.53 bits per heavy atom. The summed E-state index contributed by atoms with van der Waals surface area (Å²) < 4.78 is 5.14. The molecule has 1 atom stereocenters. The first-order chi connectivity index (χ1) is 21.1. The molecule has 0 radical (unpaired) electrons. The zero-order chi connectivity index (χ0) is 29.6. The molecule has 0 saturated carbocycles. The van der Waals surface area contributed by atoms with Crippen molar-refractivity contribution in [3.8, 4) is 11.1 Å². The summed E-state index contributed by atoms with van der Waals surface area (Å²) in [7, 11) is 0. The Kier molecular flexibility index (Phi) is 8.41. The summed E-state index contributed by atoms with van der Waals surface area (Å²) in [6, 6.07) is 45.7. The van der Waals surface area contributed by atoms with Crippen LogP contribution in [-0.4, -0.2) is 44.8 Å². The van der Waals surface area contributed by atoms with Crippen LogP contribution in [0.3, 0.4) is 0 Å². The number of carboxylic acid groups (broad SMARTS) is 1. The summed E-state index contributed by atoms with van der Waals surface area (Å²) in [6.07, 6.45) is -0.727. The van der Waals surface area contributed by atoms with Gasteiger partial charge in [0.1, 0.15) is 0 Å². The van der Waals surface area contributed by atoms with Crippen LogP contribution < -0.4 is 5.32 Å². The Bertz CT molecular complexity index is 1570. The Balaban J connectivity index is 1.23. The van der Waals surface area contributed by atoms with Gasteiger partial charge in [-0.1, -0.05) is 0 Å². The summed E-state index contributed by atoms with van der Waals surface area (Å²) in [5, 5.41) is 13.1. The Morgan fingerprint density at radius 2 is 1.09 bits per heavy atom. The fourth-order valence-electron chi connectivity index (χ4n) is 5.93. The molecular weight excluding hydrogens is 601 g/mol. The third kappa shape index (κ3) is 5.72. The van der Waals surface area contributed by atoms with Gasteiger partial charge in [0.2, 0.25) is 0 Å². The molecule has 2 N–H and O–H groups in total. The molecule has 43 heavy (non-hydrogen) atoms. The molecule has 5 nitrogen and oxygen atoms in total. The molecule has 5 aromatic carbocycles. The summed E-state index contributed by atoms with van der Waals surface area (Å²) in [5.74, 6) is -1.19. The van der Waals surface area contributed by atoms with Crippen molar-refractivity contribution < 1.29 is 19.4 Å². The van der Waals surface area contributed by atoms with Crippen molar-refractivity contribution in [2.75, 3.05) is 6.61 Å². The fourth-order valence-corrected chi connectivity index (χ4v) is 9.19. The minimum absolute atomic E-state index is 0.104. The second kappa shape index (κ2) is 12.7. The van der Waals surface area contributed by atoms with Crippen molar-refractivity contribution >= 4 is 27.0 Å². The maximum absolute atomic E-state index is 13.1. The predicted octanol–water partition coefficient (Wildman–Crippen LogP) is 7.09. The molecule has 0 aromatic heterocycles. The van der Waals surface area contributed by atoms with Gasteiger partial charge in [0.25, 0.3) is 0 Å². The van der Waals surface area contributed by atoms with E-state index in [1.54, 1.807) is 0 Å². The van der Waals surface area contributed by atoms with Gasteiger partial charge in [-0.3, -0.25) is 0 Å². The summed E-state index contributed by atoms with van der Waals surface area (Å²) >= 11 is -0.323. The molecule has 0 aliphatic heterocycles. The van der Waals surface area contributed by atoms with Crippen LogP contribution in [0.1, 0.15) is 33.7 Å². The van der Waals surface area contributed by atoms with Crippen LogP contribution in [0.15, 0.2) is 140 Å². The summed E-state index contributed by atoms with van der Waals surface area (Å²) in [6.45, 7) is 0.124. The second-order valence-electron chi connectivity index (χ2n) is 10.5. The number of rotatable bonds is 10. The number of hydrogen-bond donors (Lipinski definition) is 2. The van der Waals surface area contributed by atoms with Crippen LogP contribution in [-0.2, 0) is 13.8 Å². The number of nitrogens with one attached hydrogen (secondary N) is 1. The zero-order valence-electron chi connectivity index (χ0n) is 23.4. The van der Waals surface area contributed by atoms with E-state index < -0.39 is 22.4 Å². The van der Waals surface area contributed by atoms with E-state index in [1.165, 1.54) is 0 Å². The molecule has 1 aliphatic rings. The van der Waals surface area contributed by atoms with Crippen molar-refractivity contribution in [1.29, 1.82) is 0 Å². The number of aliphatic carboxylic acids is 1.